The first-order chi connectivity index (χ1) is 17.4. The van der Waals surface area contributed by atoms with Crippen molar-refractivity contribution in [1.82, 2.24) is 20.5 Å². The van der Waals surface area contributed by atoms with E-state index in [-0.39, 0.29) is 46.4 Å². The normalized spacial score (nSPS) is 30.1. The van der Waals surface area contributed by atoms with Crippen LogP contribution in [0.1, 0.15) is 60.3 Å². The molecule has 4 aliphatic rings. The average Bonchev–Trinajstić information content (AvgIpc) is 3.55. The van der Waals surface area contributed by atoms with E-state index in [1.54, 1.807) is 11.1 Å². The molecule has 1 aromatic rings. The van der Waals surface area contributed by atoms with Crippen LogP contribution in [0.15, 0.2) is 24.4 Å². The summed E-state index contributed by atoms with van der Waals surface area (Å²) in [7, 11) is 0. The Morgan fingerprint density at radius 2 is 2.03 bits per heavy atom. The zero-order chi connectivity index (χ0) is 26.8. The predicted octanol–water partition coefficient (Wildman–Crippen LogP) is 2.46. The van der Waals surface area contributed by atoms with Crippen LogP contribution in [0.3, 0.4) is 0 Å². The van der Waals surface area contributed by atoms with E-state index in [1.165, 1.54) is 0 Å². The molecule has 5 rings (SSSR count). The minimum absolute atomic E-state index is 0.0262. The molecule has 2 saturated heterocycles. The van der Waals surface area contributed by atoms with Crippen LogP contribution < -0.4 is 16.0 Å². The molecule has 6 atom stereocenters. The molecule has 3 amide bonds. The highest BCUT2D eigenvalue weighted by Gasteiger charge is 2.69. The number of carbonyl (C=O) groups is 3. The Balaban J connectivity index is 1.32. The number of hydrogen-bond donors (Lipinski definition) is 3. The number of likely N-dealkylation sites (tertiary alicyclic amines) is 1. The lowest BCUT2D eigenvalue weighted by Gasteiger charge is -2.38. The van der Waals surface area contributed by atoms with Crippen molar-refractivity contribution < 1.29 is 14.4 Å². The van der Waals surface area contributed by atoms with Gasteiger partial charge in [0.05, 0.1) is 6.07 Å². The van der Waals surface area contributed by atoms with Crippen molar-refractivity contribution in [2.24, 2.45) is 28.6 Å². The number of hydrogen-bond acceptors (Lipinski definition) is 6. The third-order valence-electron chi connectivity index (χ3n) is 9.07. The van der Waals surface area contributed by atoms with Gasteiger partial charge in [0.15, 0.2) is 0 Å². The number of aromatic nitrogens is 1. The number of fused-ring (bicyclic) bond motifs is 1. The molecule has 2 saturated carbocycles. The molecule has 2 aliphatic heterocycles. The Morgan fingerprint density at radius 1 is 1.30 bits per heavy atom. The quantitative estimate of drug-likeness (QED) is 0.521. The molecular formula is C28H38N6O3. The standard InChI is InChI=1S/C28H38N6O3/c1-26(2,3)22(32-19-8-6-7-11-30-19)25(37)34-15-18-20(27(18,4)5)21(34)24(36)31-17(14-29)12-16-13-28(9-10-28)33-23(16)35/h6-8,11,16-18,20-22H,9-10,12-13,15H2,1-5H3,(H,30,32)(H,31,36)(H,33,35). The summed E-state index contributed by atoms with van der Waals surface area (Å²) >= 11 is 0. The molecule has 1 aromatic heterocycles. The highest BCUT2D eigenvalue weighted by atomic mass is 16.2. The highest BCUT2D eigenvalue weighted by molar-refractivity contribution is 5.93. The topological polar surface area (TPSA) is 127 Å². The molecule has 0 radical (unpaired) electrons. The smallest absolute Gasteiger partial charge is 0.246 e. The van der Waals surface area contributed by atoms with Gasteiger partial charge in [-0.2, -0.15) is 5.26 Å². The van der Waals surface area contributed by atoms with Gasteiger partial charge in [0.25, 0.3) is 0 Å². The van der Waals surface area contributed by atoms with Gasteiger partial charge in [-0.3, -0.25) is 14.4 Å². The van der Waals surface area contributed by atoms with Gasteiger partial charge >= 0.3 is 0 Å². The predicted molar refractivity (Wildman–Crippen MR) is 138 cm³/mol. The van der Waals surface area contributed by atoms with Crippen LogP contribution in [0.25, 0.3) is 0 Å². The van der Waals surface area contributed by atoms with Crippen molar-refractivity contribution in [3.05, 3.63) is 24.4 Å². The number of rotatable bonds is 7. The summed E-state index contributed by atoms with van der Waals surface area (Å²) in [5, 5.41) is 19.1. The first-order valence-corrected chi connectivity index (χ1v) is 13.4. The molecule has 6 unspecified atom stereocenters. The molecule has 9 heteroatoms. The Labute approximate surface area is 218 Å². The van der Waals surface area contributed by atoms with Gasteiger partial charge in [-0.25, -0.2) is 4.98 Å². The molecule has 1 spiro atoms. The first-order valence-electron chi connectivity index (χ1n) is 13.4. The molecule has 2 aliphatic carbocycles. The maximum Gasteiger partial charge on any atom is 0.246 e. The molecule has 3 N–H and O–H groups in total. The van der Waals surface area contributed by atoms with Crippen LogP contribution in [0.2, 0.25) is 0 Å². The fraction of sp³-hybridized carbons (Fsp3) is 0.679. The number of nitriles is 1. The minimum atomic E-state index is -0.778. The summed E-state index contributed by atoms with van der Waals surface area (Å²) in [5.74, 6) is 0.139. The van der Waals surface area contributed by atoms with E-state index in [4.69, 9.17) is 0 Å². The zero-order valence-electron chi connectivity index (χ0n) is 22.4. The SMILES string of the molecule is CC(C)(C)C(Nc1ccccn1)C(=O)N1CC2C(C1C(=O)NC(C#N)CC1CC3(CC3)NC1=O)C2(C)C. The molecule has 3 heterocycles. The van der Waals surface area contributed by atoms with Gasteiger partial charge in [0.1, 0.15) is 23.9 Å². The van der Waals surface area contributed by atoms with Crippen molar-refractivity contribution in [2.75, 3.05) is 11.9 Å². The Hall–Kier alpha value is -3.15. The summed E-state index contributed by atoms with van der Waals surface area (Å²) in [6.45, 7) is 10.8. The molecule has 4 fully saturated rings. The Kier molecular flexibility index (Phi) is 6.00. The Morgan fingerprint density at radius 3 is 2.59 bits per heavy atom. The first kappa shape index (κ1) is 25.5. The second-order valence-electron chi connectivity index (χ2n) is 13.1. The number of amides is 3. The largest absolute Gasteiger partial charge is 0.358 e. The second-order valence-corrected chi connectivity index (χ2v) is 13.1. The van der Waals surface area contributed by atoms with Gasteiger partial charge in [-0.05, 0) is 60.5 Å². The van der Waals surface area contributed by atoms with E-state index in [1.807, 2.05) is 39.0 Å². The van der Waals surface area contributed by atoms with Crippen molar-refractivity contribution in [3.63, 3.8) is 0 Å². The van der Waals surface area contributed by atoms with Gasteiger partial charge in [0, 0.05) is 24.2 Å². The average molecular weight is 507 g/mol. The summed E-state index contributed by atoms with van der Waals surface area (Å²) in [5.41, 5.74) is -0.549. The minimum Gasteiger partial charge on any atom is -0.358 e. The molecule has 0 aromatic carbocycles. The van der Waals surface area contributed by atoms with Crippen LogP contribution in [0.5, 0.6) is 0 Å². The molecule has 0 bridgehead atoms. The lowest BCUT2D eigenvalue weighted by molar-refractivity contribution is -0.142. The monoisotopic (exact) mass is 506 g/mol. The van der Waals surface area contributed by atoms with Gasteiger partial charge in [-0.1, -0.05) is 40.7 Å². The van der Waals surface area contributed by atoms with Crippen LogP contribution in [0.4, 0.5) is 5.82 Å². The molecule has 37 heavy (non-hydrogen) atoms. The number of pyridine rings is 1. The number of nitrogens with zero attached hydrogens (tertiary/aromatic N) is 3. The summed E-state index contributed by atoms with van der Waals surface area (Å²) < 4.78 is 0. The number of carbonyl (C=O) groups excluding carboxylic acids is 3. The summed E-state index contributed by atoms with van der Waals surface area (Å²) in [4.78, 5) is 46.1. The number of piperidine rings is 1. The van der Waals surface area contributed by atoms with Crippen LogP contribution in [0, 0.1) is 39.9 Å². The van der Waals surface area contributed by atoms with E-state index in [0.29, 0.717) is 18.8 Å². The fourth-order valence-electron chi connectivity index (χ4n) is 6.56. The summed E-state index contributed by atoms with van der Waals surface area (Å²) in [6, 6.07) is 5.69. The lowest BCUT2D eigenvalue weighted by atomic mass is 9.85. The molecule has 9 nitrogen and oxygen atoms in total. The molecule has 198 valence electrons. The number of nitrogens with one attached hydrogen (secondary N) is 3. The van der Waals surface area contributed by atoms with E-state index >= 15 is 0 Å². The van der Waals surface area contributed by atoms with Crippen LogP contribution in [-0.4, -0.2) is 57.8 Å². The van der Waals surface area contributed by atoms with Crippen LogP contribution in [-0.2, 0) is 14.4 Å². The van der Waals surface area contributed by atoms with E-state index in [2.05, 4.69) is 40.9 Å². The van der Waals surface area contributed by atoms with Crippen molar-refractivity contribution in [1.29, 1.82) is 5.26 Å². The van der Waals surface area contributed by atoms with Crippen molar-refractivity contribution in [2.45, 2.75) is 84.0 Å². The van der Waals surface area contributed by atoms with Crippen molar-refractivity contribution >= 4 is 23.5 Å². The maximum absolute atomic E-state index is 14.0. The summed E-state index contributed by atoms with van der Waals surface area (Å²) in [6.07, 6.45) is 4.65. The third kappa shape index (κ3) is 4.67. The fourth-order valence-corrected chi connectivity index (χ4v) is 6.56. The second kappa shape index (κ2) is 8.71. The van der Waals surface area contributed by atoms with E-state index in [0.717, 1.165) is 19.3 Å². The van der Waals surface area contributed by atoms with E-state index in [9.17, 15) is 19.6 Å². The number of anilines is 1. The zero-order valence-corrected chi connectivity index (χ0v) is 22.4. The van der Waals surface area contributed by atoms with E-state index < -0.39 is 23.5 Å². The van der Waals surface area contributed by atoms with Crippen molar-refractivity contribution in [3.8, 4) is 6.07 Å². The molecular weight excluding hydrogens is 468 g/mol. The third-order valence-corrected chi connectivity index (χ3v) is 9.07. The van der Waals surface area contributed by atoms with Crippen LogP contribution >= 0.6 is 0 Å². The van der Waals surface area contributed by atoms with Gasteiger partial charge in [-0.15, -0.1) is 0 Å². The Bertz CT molecular complexity index is 1130. The maximum atomic E-state index is 14.0. The van der Waals surface area contributed by atoms with Gasteiger partial charge in [0.2, 0.25) is 17.7 Å². The lowest BCUT2D eigenvalue weighted by Crippen LogP contribution is -2.57. The van der Waals surface area contributed by atoms with Gasteiger partial charge < -0.3 is 20.9 Å². The highest BCUT2D eigenvalue weighted by Crippen LogP contribution is 2.65.